The quantitative estimate of drug-likeness (QED) is 0.0935. The molecule has 0 aromatic heterocycles. The summed E-state index contributed by atoms with van der Waals surface area (Å²) in [5.41, 5.74) is 16.3. The van der Waals surface area contributed by atoms with Crippen LogP contribution in [-0.4, -0.2) is 76.5 Å². The lowest BCUT2D eigenvalue weighted by Crippen LogP contribution is -2.57. The molecular formula is C21H38N6O8. The molecule has 0 heterocycles. The first-order valence-corrected chi connectivity index (χ1v) is 11.4. The number of carbonyl (C=O) groups excluding carboxylic acids is 4. The first-order valence-electron chi connectivity index (χ1n) is 11.4. The van der Waals surface area contributed by atoms with Gasteiger partial charge in [-0.1, -0.05) is 13.8 Å². The number of aliphatic carboxylic acids is 2. The fourth-order valence-electron chi connectivity index (χ4n) is 3.05. The Morgan fingerprint density at radius 1 is 0.771 bits per heavy atom. The van der Waals surface area contributed by atoms with E-state index in [9.17, 15) is 33.9 Å². The molecule has 200 valence electrons. The van der Waals surface area contributed by atoms with Crippen molar-refractivity contribution in [3.63, 3.8) is 0 Å². The molecule has 0 aliphatic rings. The second-order valence-corrected chi connectivity index (χ2v) is 8.52. The Morgan fingerprint density at radius 3 is 1.80 bits per heavy atom. The molecule has 4 unspecified atom stereocenters. The van der Waals surface area contributed by atoms with E-state index in [-0.39, 0.29) is 32.1 Å². The third kappa shape index (κ3) is 13.3. The predicted octanol–water partition coefficient (Wildman–Crippen LogP) is -2.23. The number of primary amides is 1. The smallest absolute Gasteiger partial charge is 0.326 e. The molecule has 0 aliphatic carbocycles. The Kier molecular flexibility index (Phi) is 14.9. The summed E-state index contributed by atoms with van der Waals surface area (Å²) in [5.74, 6) is -5.89. The number of unbranched alkanes of at least 4 members (excludes halogenated alkanes) is 1. The molecule has 0 bridgehead atoms. The highest BCUT2D eigenvalue weighted by atomic mass is 16.4. The molecule has 0 aromatic carbocycles. The van der Waals surface area contributed by atoms with Crippen LogP contribution in [0.4, 0.5) is 0 Å². The van der Waals surface area contributed by atoms with Crippen LogP contribution in [0.3, 0.4) is 0 Å². The highest BCUT2D eigenvalue weighted by molar-refractivity contribution is 5.94. The minimum Gasteiger partial charge on any atom is -0.481 e. The van der Waals surface area contributed by atoms with Crippen LogP contribution in [0, 0.1) is 5.92 Å². The number of hydrogen-bond acceptors (Lipinski definition) is 8. The second kappa shape index (κ2) is 16.4. The van der Waals surface area contributed by atoms with Gasteiger partial charge < -0.3 is 43.4 Å². The van der Waals surface area contributed by atoms with Gasteiger partial charge in [0.2, 0.25) is 23.6 Å². The third-order valence-electron chi connectivity index (χ3n) is 5.13. The van der Waals surface area contributed by atoms with Gasteiger partial charge in [-0.05, 0) is 44.6 Å². The molecule has 35 heavy (non-hydrogen) atoms. The van der Waals surface area contributed by atoms with Crippen molar-refractivity contribution in [1.82, 2.24) is 16.0 Å². The van der Waals surface area contributed by atoms with E-state index in [2.05, 4.69) is 16.0 Å². The lowest BCUT2D eigenvalue weighted by atomic mass is 10.0. The molecule has 0 aliphatic heterocycles. The molecule has 0 spiro atoms. The van der Waals surface area contributed by atoms with Gasteiger partial charge in [-0.25, -0.2) is 4.79 Å². The summed E-state index contributed by atoms with van der Waals surface area (Å²) in [6.07, 6.45) is 0.144. The Balaban J connectivity index is 5.55. The maximum Gasteiger partial charge on any atom is 0.326 e. The molecule has 4 atom stereocenters. The largest absolute Gasteiger partial charge is 0.481 e. The number of carboxylic acid groups (broad SMARTS) is 2. The van der Waals surface area contributed by atoms with Crippen molar-refractivity contribution in [2.24, 2.45) is 23.1 Å². The van der Waals surface area contributed by atoms with E-state index in [0.717, 1.165) is 0 Å². The maximum atomic E-state index is 12.9. The van der Waals surface area contributed by atoms with Crippen LogP contribution in [0.15, 0.2) is 0 Å². The van der Waals surface area contributed by atoms with Gasteiger partial charge in [-0.3, -0.25) is 24.0 Å². The summed E-state index contributed by atoms with van der Waals surface area (Å²) < 4.78 is 0. The molecule has 0 radical (unpaired) electrons. The summed E-state index contributed by atoms with van der Waals surface area (Å²) in [6.45, 7) is 3.58. The minimum atomic E-state index is -1.30. The number of carbonyl (C=O) groups is 6. The topological polar surface area (TPSA) is 257 Å². The lowest BCUT2D eigenvalue weighted by molar-refractivity contribution is -0.143. The van der Waals surface area contributed by atoms with Gasteiger partial charge in [-0.15, -0.1) is 0 Å². The van der Waals surface area contributed by atoms with E-state index in [0.29, 0.717) is 19.4 Å². The highest BCUT2D eigenvalue weighted by Crippen LogP contribution is 2.08. The third-order valence-corrected chi connectivity index (χ3v) is 5.13. The van der Waals surface area contributed by atoms with Crippen molar-refractivity contribution in [2.75, 3.05) is 6.54 Å². The maximum absolute atomic E-state index is 12.9. The fourth-order valence-corrected chi connectivity index (χ4v) is 3.05. The molecule has 0 rings (SSSR count). The number of rotatable bonds is 18. The number of nitrogens with one attached hydrogen (secondary N) is 3. The summed E-state index contributed by atoms with van der Waals surface area (Å²) >= 11 is 0. The van der Waals surface area contributed by atoms with Gasteiger partial charge in [0.05, 0.1) is 6.04 Å². The molecule has 0 fully saturated rings. The zero-order valence-corrected chi connectivity index (χ0v) is 20.1. The van der Waals surface area contributed by atoms with Crippen molar-refractivity contribution < 1.29 is 39.0 Å². The molecule has 11 N–H and O–H groups in total. The Labute approximate surface area is 203 Å². The van der Waals surface area contributed by atoms with E-state index in [1.165, 1.54) is 0 Å². The minimum absolute atomic E-state index is 0.147. The molecule has 4 amide bonds. The molecule has 0 aromatic rings. The van der Waals surface area contributed by atoms with E-state index in [1.54, 1.807) is 13.8 Å². The monoisotopic (exact) mass is 502 g/mol. The predicted molar refractivity (Wildman–Crippen MR) is 124 cm³/mol. The first kappa shape index (κ1) is 31.7. The number of nitrogens with two attached hydrogens (primary N) is 3. The van der Waals surface area contributed by atoms with E-state index >= 15 is 0 Å². The Bertz CT molecular complexity index is 760. The molecule has 0 saturated heterocycles. The van der Waals surface area contributed by atoms with Crippen LogP contribution in [0.2, 0.25) is 0 Å². The molecule has 14 nitrogen and oxygen atoms in total. The zero-order valence-electron chi connectivity index (χ0n) is 20.1. The summed E-state index contributed by atoms with van der Waals surface area (Å²) in [4.78, 5) is 71.5. The van der Waals surface area contributed by atoms with Crippen LogP contribution in [0.25, 0.3) is 0 Å². The van der Waals surface area contributed by atoms with E-state index < -0.39 is 65.7 Å². The molecule has 14 heteroatoms. The van der Waals surface area contributed by atoms with Crippen LogP contribution in [0.1, 0.15) is 58.8 Å². The van der Waals surface area contributed by atoms with Gasteiger partial charge in [-0.2, -0.15) is 0 Å². The Hall–Kier alpha value is -3.26. The zero-order chi connectivity index (χ0) is 27.1. The van der Waals surface area contributed by atoms with Gasteiger partial charge in [0.15, 0.2) is 0 Å². The number of hydrogen-bond donors (Lipinski definition) is 8. The van der Waals surface area contributed by atoms with Crippen molar-refractivity contribution in [3.8, 4) is 0 Å². The van der Waals surface area contributed by atoms with E-state index in [1.807, 2.05) is 0 Å². The van der Waals surface area contributed by atoms with Gasteiger partial charge >= 0.3 is 11.9 Å². The standard InChI is InChI=1S/C21H38N6O8/c1-11(2)17(21(34)35)27-20(33)13(5-3-4-10-22)26-19(32)14(7-8-15(24)28)25-18(31)12(23)6-9-16(29)30/h11-14,17H,3-10,22-23H2,1-2H3,(H2,24,28)(H,25,31)(H,26,32)(H,27,33)(H,29,30)(H,34,35). The van der Waals surface area contributed by atoms with Crippen molar-refractivity contribution >= 4 is 35.6 Å². The average molecular weight is 503 g/mol. The highest BCUT2D eigenvalue weighted by Gasteiger charge is 2.31. The van der Waals surface area contributed by atoms with Crippen LogP contribution in [0.5, 0.6) is 0 Å². The summed E-state index contributed by atoms with van der Waals surface area (Å²) in [6, 6.07) is -4.84. The fraction of sp³-hybridized carbons (Fsp3) is 0.714. The SMILES string of the molecule is CC(C)C(NC(=O)C(CCCCN)NC(=O)C(CCC(N)=O)NC(=O)C(N)CCC(=O)O)C(=O)O. The van der Waals surface area contributed by atoms with Gasteiger partial charge in [0.1, 0.15) is 18.1 Å². The van der Waals surface area contributed by atoms with Gasteiger partial charge in [0, 0.05) is 12.8 Å². The van der Waals surface area contributed by atoms with Crippen molar-refractivity contribution in [3.05, 3.63) is 0 Å². The normalized spacial score (nSPS) is 14.3. The van der Waals surface area contributed by atoms with Crippen molar-refractivity contribution in [2.45, 2.75) is 83.0 Å². The second-order valence-electron chi connectivity index (χ2n) is 8.52. The number of carboxylic acids is 2. The van der Waals surface area contributed by atoms with Crippen LogP contribution >= 0.6 is 0 Å². The van der Waals surface area contributed by atoms with Crippen LogP contribution in [-0.2, 0) is 28.8 Å². The summed E-state index contributed by atoms with van der Waals surface area (Å²) in [7, 11) is 0. The van der Waals surface area contributed by atoms with E-state index in [4.69, 9.17) is 22.3 Å². The summed E-state index contributed by atoms with van der Waals surface area (Å²) in [5, 5.41) is 25.4. The number of amides is 4. The van der Waals surface area contributed by atoms with Crippen LogP contribution < -0.4 is 33.2 Å². The molecule has 0 saturated carbocycles. The lowest BCUT2D eigenvalue weighted by Gasteiger charge is -2.26. The molecular weight excluding hydrogens is 464 g/mol. The first-order chi connectivity index (χ1) is 16.3. The van der Waals surface area contributed by atoms with Gasteiger partial charge in [0.25, 0.3) is 0 Å². The average Bonchev–Trinajstić information content (AvgIpc) is 2.76. The van der Waals surface area contributed by atoms with Crippen molar-refractivity contribution in [1.29, 1.82) is 0 Å². The Morgan fingerprint density at radius 2 is 1.31 bits per heavy atom.